The highest BCUT2D eigenvalue weighted by Crippen LogP contribution is 2.27. The van der Waals surface area contributed by atoms with E-state index in [1.54, 1.807) is 7.11 Å². The summed E-state index contributed by atoms with van der Waals surface area (Å²) in [7, 11) is 3.64. The zero-order valence-electron chi connectivity index (χ0n) is 9.70. The molecule has 1 aromatic carbocycles. The zero-order chi connectivity index (χ0) is 12.1. The third-order valence-corrected chi connectivity index (χ3v) is 3.21. The Morgan fingerprint density at radius 3 is 2.81 bits per heavy atom. The molecule has 0 heterocycles. The van der Waals surface area contributed by atoms with Gasteiger partial charge in [-0.15, -0.1) is 0 Å². The SMILES string of the molecule is COCC(C)N(C)c1cccc(Br)c1C#N. The van der Waals surface area contributed by atoms with Crippen LogP contribution >= 0.6 is 15.9 Å². The Morgan fingerprint density at radius 2 is 2.25 bits per heavy atom. The van der Waals surface area contributed by atoms with E-state index in [-0.39, 0.29) is 6.04 Å². The Balaban J connectivity index is 3.04. The average Bonchev–Trinajstić information content (AvgIpc) is 2.28. The summed E-state index contributed by atoms with van der Waals surface area (Å²) in [5.74, 6) is 0. The van der Waals surface area contributed by atoms with Crippen LogP contribution < -0.4 is 4.90 Å². The molecular weight excluding hydrogens is 268 g/mol. The second-order valence-electron chi connectivity index (χ2n) is 3.66. The van der Waals surface area contributed by atoms with Crippen LogP contribution in [-0.2, 0) is 4.74 Å². The predicted octanol–water partition coefficient (Wildman–Crippen LogP) is 2.79. The minimum absolute atomic E-state index is 0.228. The van der Waals surface area contributed by atoms with E-state index >= 15 is 0 Å². The fraction of sp³-hybridized carbons (Fsp3) is 0.417. The van der Waals surface area contributed by atoms with Gasteiger partial charge in [-0.25, -0.2) is 0 Å². The number of methoxy groups -OCH3 is 1. The second kappa shape index (κ2) is 5.88. The first-order chi connectivity index (χ1) is 7.61. The Labute approximate surface area is 105 Å². The van der Waals surface area contributed by atoms with Crippen LogP contribution in [0.25, 0.3) is 0 Å². The monoisotopic (exact) mass is 282 g/mol. The molecule has 1 rings (SSSR count). The maximum Gasteiger partial charge on any atom is 0.103 e. The van der Waals surface area contributed by atoms with Crippen LogP contribution in [0.1, 0.15) is 12.5 Å². The number of ether oxygens (including phenoxy) is 1. The fourth-order valence-electron chi connectivity index (χ4n) is 1.51. The van der Waals surface area contributed by atoms with Crippen molar-refractivity contribution < 1.29 is 4.74 Å². The molecule has 0 saturated heterocycles. The molecule has 16 heavy (non-hydrogen) atoms. The molecule has 0 N–H and O–H groups in total. The van der Waals surface area contributed by atoms with E-state index in [2.05, 4.69) is 28.9 Å². The van der Waals surface area contributed by atoms with Crippen molar-refractivity contribution in [2.75, 3.05) is 25.7 Å². The first-order valence-electron chi connectivity index (χ1n) is 5.02. The lowest BCUT2D eigenvalue weighted by Crippen LogP contribution is -2.33. The summed E-state index contributed by atoms with van der Waals surface area (Å²) >= 11 is 3.38. The molecule has 0 aliphatic rings. The lowest BCUT2D eigenvalue weighted by atomic mass is 10.1. The summed E-state index contributed by atoms with van der Waals surface area (Å²) in [6.07, 6.45) is 0. The van der Waals surface area contributed by atoms with Gasteiger partial charge in [0.15, 0.2) is 0 Å². The van der Waals surface area contributed by atoms with Crippen LogP contribution in [0.3, 0.4) is 0 Å². The molecule has 0 spiro atoms. The first kappa shape index (κ1) is 13.0. The van der Waals surface area contributed by atoms with E-state index < -0.39 is 0 Å². The third kappa shape index (κ3) is 2.75. The van der Waals surface area contributed by atoms with Gasteiger partial charge in [0.2, 0.25) is 0 Å². The minimum atomic E-state index is 0.228. The van der Waals surface area contributed by atoms with Gasteiger partial charge in [-0.2, -0.15) is 5.26 Å². The highest BCUT2D eigenvalue weighted by atomic mass is 79.9. The molecule has 0 amide bonds. The van der Waals surface area contributed by atoms with Crippen molar-refractivity contribution in [3.05, 3.63) is 28.2 Å². The Kier molecular flexibility index (Phi) is 4.78. The van der Waals surface area contributed by atoms with Gasteiger partial charge in [0, 0.05) is 24.7 Å². The number of nitrogens with zero attached hydrogens (tertiary/aromatic N) is 2. The average molecular weight is 283 g/mol. The number of anilines is 1. The number of likely N-dealkylation sites (N-methyl/N-ethyl adjacent to an activating group) is 1. The number of hydrogen-bond acceptors (Lipinski definition) is 3. The molecule has 0 fully saturated rings. The van der Waals surface area contributed by atoms with Crippen molar-refractivity contribution in [3.63, 3.8) is 0 Å². The van der Waals surface area contributed by atoms with Crippen molar-refractivity contribution in [1.82, 2.24) is 0 Å². The highest BCUT2D eigenvalue weighted by molar-refractivity contribution is 9.10. The lowest BCUT2D eigenvalue weighted by molar-refractivity contribution is 0.183. The van der Waals surface area contributed by atoms with E-state index in [9.17, 15) is 0 Å². The number of hydrogen-bond donors (Lipinski definition) is 0. The van der Waals surface area contributed by atoms with Crippen molar-refractivity contribution in [2.45, 2.75) is 13.0 Å². The highest BCUT2D eigenvalue weighted by Gasteiger charge is 2.14. The van der Waals surface area contributed by atoms with Gasteiger partial charge in [-0.05, 0) is 35.0 Å². The van der Waals surface area contributed by atoms with Crippen molar-refractivity contribution >= 4 is 21.6 Å². The molecule has 1 aromatic rings. The first-order valence-corrected chi connectivity index (χ1v) is 5.81. The lowest BCUT2D eigenvalue weighted by Gasteiger charge is -2.27. The Hall–Kier alpha value is -1.05. The zero-order valence-corrected chi connectivity index (χ0v) is 11.3. The van der Waals surface area contributed by atoms with E-state index in [1.807, 2.05) is 30.1 Å². The molecule has 3 nitrogen and oxygen atoms in total. The van der Waals surface area contributed by atoms with Crippen LogP contribution in [0.2, 0.25) is 0 Å². The van der Waals surface area contributed by atoms with Gasteiger partial charge in [0.05, 0.1) is 17.9 Å². The maximum absolute atomic E-state index is 9.12. The van der Waals surface area contributed by atoms with Gasteiger partial charge in [-0.1, -0.05) is 6.07 Å². The van der Waals surface area contributed by atoms with Crippen LogP contribution in [0.15, 0.2) is 22.7 Å². The predicted molar refractivity (Wildman–Crippen MR) is 68.6 cm³/mol. The summed E-state index contributed by atoms with van der Waals surface area (Å²) in [6, 6.07) is 8.18. The summed E-state index contributed by atoms with van der Waals surface area (Å²) in [6.45, 7) is 2.69. The van der Waals surface area contributed by atoms with Crippen molar-refractivity contribution in [2.24, 2.45) is 0 Å². The van der Waals surface area contributed by atoms with Crippen LogP contribution in [0.5, 0.6) is 0 Å². The quantitative estimate of drug-likeness (QED) is 0.852. The molecule has 0 radical (unpaired) electrons. The topological polar surface area (TPSA) is 36.3 Å². The Bertz CT molecular complexity index is 400. The van der Waals surface area contributed by atoms with E-state index in [0.717, 1.165) is 10.2 Å². The number of halogens is 1. The summed E-state index contributed by atoms with van der Waals surface area (Å²) in [4.78, 5) is 2.05. The summed E-state index contributed by atoms with van der Waals surface area (Å²) in [5, 5.41) is 9.12. The molecule has 0 aliphatic heterocycles. The summed E-state index contributed by atoms with van der Waals surface area (Å²) < 4.78 is 5.94. The normalized spacial score (nSPS) is 11.9. The largest absolute Gasteiger partial charge is 0.383 e. The van der Waals surface area contributed by atoms with E-state index in [0.29, 0.717) is 12.2 Å². The van der Waals surface area contributed by atoms with Crippen LogP contribution in [0, 0.1) is 11.3 Å². The van der Waals surface area contributed by atoms with Gasteiger partial charge in [-0.3, -0.25) is 0 Å². The molecule has 0 saturated carbocycles. The van der Waals surface area contributed by atoms with Crippen LogP contribution in [-0.4, -0.2) is 26.8 Å². The number of rotatable bonds is 4. The molecule has 1 atom stereocenters. The van der Waals surface area contributed by atoms with E-state index in [4.69, 9.17) is 10.00 Å². The molecule has 0 bridgehead atoms. The second-order valence-corrected chi connectivity index (χ2v) is 4.52. The standard InChI is InChI=1S/C12H15BrN2O/c1-9(8-16-3)15(2)12-6-4-5-11(13)10(12)7-14/h4-6,9H,8H2,1-3H3. The fourth-order valence-corrected chi connectivity index (χ4v) is 1.95. The smallest absolute Gasteiger partial charge is 0.103 e. The van der Waals surface area contributed by atoms with Gasteiger partial charge >= 0.3 is 0 Å². The van der Waals surface area contributed by atoms with Gasteiger partial charge in [0.1, 0.15) is 6.07 Å². The van der Waals surface area contributed by atoms with Crippen LogP contribution in [0.4, 0.5) is 5.69 Å². The molecule has 1 unspecified atom stereocenters. The van der Waals surface area contributed by atoms with Crippen molar-refractivity contribution in [3.8, 4) is 6.07 Å². The molecular formula is C12H15BrN2O. The molecule has 0 aromatic heterocycles. The number of benzene rings is 1. The minimum Gasteiger partial charge on any atom is -0.383 e. The van der Waals surface area contributed by atoms with Gasteiger partial charge < -0.3 is 9.64 Å². The van der Waals surface area contributed by atoms with Crippen molar-refractivity contribution in [1.29, 1.82) is 5.26 Å². The summed E-state index contributed by atoms with van der Waals surface area (Å²) in [5.41, 5.74) is 1.58. The number of nitriles is 1. The van der Waals surface area contributed by atoms with Gasteiger partial charge in [0.25, 0.3) is 0 Å². The molecule has 0 aliphatic carbocycles. The molecule has 86 valence electrons. The van der Waals surface area contributed by atoms with E-state index in [1.165, 1.54) is 0 Å². The maximum atomic E-state index is 9.12. The third-order valence-electron chi connectivity index (χ3n) is 2.55. The molecule has 4 heteroatoms. The Morgan fingerprint density at radius 1 is 1.56 bits per heavy atom.